The first-order chi connectivity index (χ1) is 10.1. The Hall–Kier alpha value is -0.930. The van der Waals surface area contributed by atoms with Gasteiger partial charge in [0.05, 0.1) is 0 Å². The fraction of sp³-hybridized carbons (Fsp3) is 0.722. The largest absolute Gasteiger partial charge is 0.329 e. The summed E-state index contributed by atoms with van der Waals surface area (Å²) in [7, 11) is 2.26. The lowest BCUT2D eigenvalue weighted by atomic mass is 9.71. The third-order valence-corrected chi connectivity index (χ3v) is 5.48. The molecule has 21 heavy (non-hydrogen) atoms. The zero-order valence-electron chi connectivity index (χ0n) is 13.9. The van der Waals surface area contributed by atoms with E-state index in [1.807, 2.05) is 12.4 Å². The first-order valence-electron chi connectivity index (χ1n) is 8.37. The molecule has 2 atom stereocenters. The van der Waals surface area contributed by atoms with Crippen LogP contribution in [0.4, 0.5) is 0 Å². The zero-order chi connectivity index (χ0) is 15.3. The number of nitrogens with zero attached hydrogens (tertiary/aromatic N) is 2. The van der Waals surface area contributed by atoms with Gasteiger partial charge in [-0.25, -0.2) is 0 Å². The van der Waals surface area contributed by atoms with Gasteiger partial charge in [-0.1, -0.05) is 26.7 Å². The predicted molar refractivity (Wildman–Crippen MR) is 89.2 cm³/mol. The van der Waals surface area contributed by atoms with E-state index in [2.05, 4.69) is 42.9 Å². The highest BCUT2D eigenvalue weighted by Gasteiger charge is 2.39. The second-order valence-electron chi connectivity index (χ2n) is 7.06. The Kier molecular flexibility index (Phi) is 5.77. The maximum atomic E-state index is 6.22. The number of pyridine rings is 1. The van der Waals surface area contributed by atoms with Gasteiger partial charge in [0.2, 0.25) is 0 Å². The topological polar surface area (TPSA) is 42.1 Å². The summed E-state index contributed by atoms with van der Waals surface area (Å²) in [6.45, 7) is 6.57. The Bertz CT molecular complexity index is 418. The normalized spacial score (nSPS) is 26.5. The lowest BCUT2D eigenvalue weighted by molar-refractivity contribution is 0.0460. The second kappa shape index (κ2) is 7.37. The molecule has 3 nitrogen and oxygen atoms in total. The van der Waals surface area contributed by atoms with Gasteiger partial charge in [0.15, 0.2) is 0 Å². The lowest BCUT2D eigenvalue weighted by Crippen LogP contribution is -2.55. The number of aromatic nitrogens is 1. The van der Waals surface area contributed by atoms with Crippen molar-refractivity contribution in [3.63, 3.8) is 0 Å². The summed E-state index contributed by atoms with van der Waals surface area (Å²) in [6, 6.07) is 4.22. The molecule has 2 unspecified atom stereocenters. The SMILES string of the molecule is CC(C)C1CCCC(CN)(N(C)CCc2ccncc2)C1. The molecule has 0 saturated heterocycles. The second-order valence-corrected chi connectivity index (χ2v) is 7.06. The zero-order valence-corrected chi connectivity index (χ0v) is 13.9. The van der Waals surface area contributed by atoms with Crippen LogP contribution >= 0.6 is 0 Å². The average Bonchev–Trinajstić information content (AvgIpc) is 2.53. The van der Waals surface area contributed by atoms with Gasteiger partial charge in [-0.3, -0.25) is 9.88 Å². The standard InChI is InChI=1S/C18H31N3/c1-15(2)17-5-4-9-18(13-17,14-19)21(3)12-8-16-6-10-20-11-7-16/h6-7,10-11,15,17H,4-5,8-9,12-14,19H2,1-3H3. The van der Waals surface area contributed by atoms with Crippen LogP contribution in [-0.2, 0) is 6.42 Å². The molecule has 1 saturated carbocycles. The summed E-state index contributed by atoms with van der Waals surface area (Å²) in [6.07, 6.45) is 10.0. The van der Waals surface area contributed by atoms with Crippen molar-refractivity contribution >= 4 is 0 Å². The predicted octanol–water partition coefficient (Wildman–Crippen LogP) is 3.10. The molecule has 1 heterocycles. The van der Waals surface area contributed by atoms with Crippen molar-refractivity contribution < 1.29 is 0 Å². The summed E-state index contributed by atoms with van der Waals surface area (Å²) in [5, 5.41) is 0. The summed E-state index contributed by atoms with van der Waals surface area (Å²) < 4.78 is 0. The van der Waals surface area contributed by atoms with Crippen LogP contribution in [0, 0.1) is 11.8 Å². The fourth-order valence-electron chi connectivity index (χ4n) is 3.73. The number of likely N-dealkylation sites (N-methyl/N-ethyl adjacent to an activating group) is 1. The van der Waals surface area contributed by atoms with Gasteiger partial charge in [-0.2, -0.15) is 0 Å². The van der Waals surface area contributed by atoms with E-state index < -0.39 is 0 Å². The van der Waals surface area contributed by atoms with Gasteiger partial charge >= 0.3 is 0 Å². The maximum absolute atomic E-state index is 6.22. The molecule has 0 bridgehead atoms. The van der Waals surface area contributed by atoms with E-state index in [4.69, 9.17) is 5.73 Å². The van der Waals surface area contributed by atoms with E-state index in [-0.39, 0.29) is 5.54 Å². The van der Waals surface area contributed by atoms with Gasteiger partial charge in [-0.05, 0) is 55.8 Å². The van der Waals surface area contributed by atoms with Crippen molar-refractivity contribution in [2.75, 3.05) is 20.1 Å². The van der Waals surface area contributed by atoms with Crippen LogP contribution in [0.3, 0.4) is 0 Å². The van der Waals surface area contributed by atoms with Crippen LogP contribution in [0.15, 0.2) is 24.5 Å². The molecule has 1 fully saturated rings. The molecule has 3 heteroatoms. The third-order valence-electron chi connectivity index (χ3n) is 5.48. The highest BCUT2D eigenvalue weighted by molar-refractivity contribution is 5.10. The molecule has 0 aliphatic heterocycles. The highest BCUT2D eigenvalue weighted by atomic mass is 15.2. The molecule has 1 aliphatic carbocycles. The Labute approximate surface area is 129 Å². The molecular weight excluding hydrogens is 258 g/mol. The van der Waals surface area contributed by atoms with Crippen molar-refractivity contribution in [1.29, 1.82) is 0 Å². The number of nitrogens with two attached hydrogens (primary N) is 1. The van der Waals surface area contributed by atoms with E-state index in [0.717, 1.165) is 31.3 Å². The van der Waals surface area contributed by atoms with Crippen LogP contribution in [0.1, 0.15) is 45.1 Å². The Balaban J connectivity index is 1.98. The molecule has 0 spiro atoms. The van der Waals surface area contributed by atoms with E-state index in [9.17, 15) is 0 Å². The Morgan fingerprint density at radius 1 is 1.38 bits per heavy atom. The Morgan fingerprint density at radius 3 is 2.71 bits per heavy atom. The van der Waals surface area contributed by atoms with Gasteiger partial charge in [0.25, 0.3) is 0 Å². The van der Waals surface area contributed by atoms with E-state index in [0.29, 0.717) is 0 Å². The molecule has 2 N–H and O–H groups in total. The number of hydrogen-bond acceptors (Lipinski definition) is 3. The van der Waals surface area contributed by atoms with Crippen LogP contribution < -0.4 is 5.73 Å². The average molecular weight is 289 g/mol. The molecule has 1 aromatic rings. The monoisotopic (exact) mass is 289 g/mol. The fourth-order valence-corrected chi connectivity index (χ4v) is 3.73. The smallest absolute Gasteiger partial charge is 0.0331 e. The van der Waals surface area contributed by atoms with Crippen LogP contribution in [0.25, 0.3) is 0 Å². The molecule has 0 radical (unpaired) electrons. The van der Waals surface area contributed by atoms with Crippen LogP contribution in [0.5, 0.6) is 0 Å². The van der Waals surface area contributed by atoms with E-state index in [1.54, 1.807) is 0 Å². The number of hydrogen-bond donors (Lipinski definition) is 1. The Morgan fingerprint density at radius 2 is 2.10 bits per heavy atom. The first kappa shape index (κ1) is 16.4. The van der Waals surface area contributed by atoms with Crippen molar-refractivity contribution in [1.82, 2.24) is 9.88 Å². The molecular formula is C18H31N3. The van der Waals surface area contributed by atoms with Crippen LogP contribution in [0.2, 0.25) is 0 Å². The van der Waals surface area contributed by atoms with Gasteiger partial charge in [0, 0.05) is 31.0 Å². The molecule has 1 aromatic heterocycles. The summed E-state index contributed by atoms with van der Waals surface area (Å²) in [4.78, 5) is 6.62. The molecule has 0 amide bonds. The summed E-state index contributed by atoms with van der Waals surface area (Å²) in [5.41, 5.74) is 7.79. The molecule has 0 aromatic carbocycles. The molecule has 118 valence electrons. The van der Waals surface area contributed by atoms with Crippen molar-refractivity contribution in [3.05, 3.63) is 30.1 Å². The van der Waals surface area contributed by atoms with Gasteiger partial charge < -0.3 is 5.73 Å². The molecule has 1 aliphatic rings. The first-order valence-corrected chi connectivity index (χ1v) is 8.37. The minimum Gasteiger partial charge on any atom is -0.329 e. The van der Waals surface area contributed by atoms with Crippen LogP contribution in [-0.4, -0.2) is 35.6 Å². The number of rotatable bonds is 6. The minimum atomic E-state index is 0.209. The minimum absolute atomic E-state index is 0.209. The highest BCUT2D eigenvalue weighted by Crippen LogP contribution is 2.39. The van der Waals surface area contributed by atoms with Gasteiger partial charge in [-0.15, -0.1) is 0 Å². The quantitative estimate of drug-likeness (QED) is 0.875. The van der Waals surface area contributed by atoms with Crippen molar-refractivity contribution in [2.45, 2.75) is 51.5 Å². The van der Waals surface area contributed by atoms with E-state index >= 15 is 0 Å². The van der Waals surface area contributed by atoms with Gasteiger partial charge in [0.1, 0.15) is 0 Å². The van der Waals surface area contributed by atoms with Crippen molar-refractivity contribution in [2.24, 2.45) is 17.6 Å². The third kappa shape index (κ3) is 4.04. The van der Waals surface area contributed by atoms with Crippen molar-refractivity contribution in [3.8, 4) is 0 Å². The summed E-state index contributed by atoms with van der Waals surface area (Å²) >= 11 is 0. The summed E-state index contributed by atoms with van der Waals surface area (Å²) in [5.74, 6) is 1.59. The van der Waals surface area contributed by atoms with E-state index in [1.165, 1.54) is 31.2 Å². The maximum Gasteiger partial charge on any atom is 0.0331 e. The lowest BCUT2D eigenvalue weighted by Gasteiger charge is -2.47. The molecule has 2 rings (SSSR count).